The second kappa shape index (κ2) is 4.62. The van der Waals surface area contributed by atoms with Gasteiger partial charge in [0.2, 0.25) is 5.91 Å². The predicted molar refractivity (Wildman–Crippen MR) is 59.3 cm³/mol. The van der Waals surface area contributed by atoms with Crippen LogP contribution in [-0.4, -0.2) is 58.8 Å². The molecule has 0 aromatic carbocycles. The van der Waals surface area contributed by atoms with Gasteiger partial charge in [-0.05, 0) is 12.5 Å². The lowest BCUT2D eigenvalue weighted by Crippen LogP contribution is -2.45. The summed E-state index contributed by atoms with van der Waals surface area (Å²) in [4.78, 5) is 24.6. The normalized spacial score (nSPS) is 37.4. The number of aliphatic carboxylic acids is 1. The Labute approximate surface area is 99.6 Å². The minimum Gasteiger partial charge on any atom is -0.480 e. The van der Waals surface area contributed by atoms with Gasteiger partial charge in [-0.15, -0.1) is 0 Å². The van der Waals surface area contributed by atoms with Crippen molar-refractivity contribution in [2.24, 2.45) is 11.8 Å². The largest absolute Gasteiger partial charge is 0.480 e. The number of hydrogen-bond acceptors (Lipinski definition) is 4. The molecule has 3 N–H and O–H groups in total. The minimum absolute atomic E-state index is 0.135. The summed E-state index contributed by atoms with van der Waals surface area (Å²) >= 11 is 0. The molecule has 2 aliphatic heterocycles. The summed E-state index contributed by atoms with van der Waals surface area (Å²) in [6.07, 6.45) is -0.583. The third-order valence-corrected chi connectivity index (χ3v) is 3.68. The van der Waals surface area contributed by atoms with Crippen molar-refractivity contribution in [1.82, 2.24) is 10.2 Å². The molecule has 0 bridgehead atoms. The van der Waals surface area contributed by atoms with Gasteiger partial charge in [0.15, 0.2) is 0 Å². The second-order valence-corrected chi connectivity index (χ2v) is 4.98. The summed E-state index contributed by atoms with van der Waals surface area (Å²) in [5.41, 5.74) is 0. The van der Waals surface area contributed by atoms with Gasteiger partial charge in [-0.1, -0.05) is 6.92 Å². The van der Waals surface area contributed by atoms with Crippen LogP contribution in [0, 0.1) is 11.8 Å². The number of rotatable bonds is 2. The molecule has 2 fully saturated rings. The van der Waals surface area contributed by atoms with Crippen LogP contribution in [0.3, 0.4) is 0 Å². The Morgan fingerprint density at radius 1 is 1.35 bits per heavy atom. The topological polar surface area (TPSA) is 89.9 Å². The lowest BCUT2D eigenvalue weighted by Gasteiger charge is -2.25. The molecular weight excluding hydrogens is 224 g/mol. The number of likely N-dealkylation sites (tertiary alicyclic amines) is 1. The van der Waals surface area contributed by atoms with Crippen molar-refractivity contribution in [1.29, 1.82) is 0 Å². The number of β-amino-alcohol motifs (C(OH)–C–C–N with tert-alkyl or cyclic N) is 1. The van der Waals surface area contributed by atoms with E-state index in [1.807, 2.05) is 6.92 Å². The fraction of sp³-hybridized carbons (Fsp3) is 0.818. The smallest absolute Gasteiger partial charge is 0.326 e. The number of nitrogens with zero attached hydrogens (tertiary/aromatic N) is 1. The Hall–Kier alpha value is -1.14. The number of nitrogens with one attached hydrogen (secondary N) is 1. The zero-order chi connectivity index (χ0) is 12.6. The Morgan fingerprint density at radius 2 is 2.06 bits per heavy atom. The SMILES string of the molecule is C[C@@H]1CNC[C@H]1C(=O)N1C[C@@H](O)C[C@H]1C(=O)O. The molecule has 0 aromatic rings. The summed E-state index contributed by atoms with van der Waals surface area (Å²) in [7, 11) is 0. The van der Waals surface area contributed by atoms with E-state index in [4.69, 9.17) is 5.11 Å². The van der Waals surface area contributed by atoms with E-state index in [1.165, 1.54) is 4.90 Å². The number of carboxylic acid groups (broad SMARTS) is 1. The number of carbonyl (C=O) groups excluding carboxylic acids is 1. The van der Waals surface area contributed by atoms with E-state index in [9.17, 15) is 14.7 Å². The van der Waals surface area contributed by atoms with Crippen LogP contribution in [0.5, 0.6) is 0 Å². The first-order chi connectivity index (χ1) is 8.00. The number of carbonyl (C=O) groups is 2. The van der Waals surface area contributed by atoms with Gasteiger partial charge in [0.05, 0.1) is 12.0 Å². The van der Waals surface area contributed by atoms with E-state index >= 15 is 0 Å². The van der Waals surface area contributed by atoms with E-state index in [0.29, 0.717) is 6.54 Å². The maximum atomic E-state index is 12.2. The van der Waals surface area contributed by atoms with Gasteiger partial charge in [0, 0.05) is 19.5 Å². The first kappa shape index (κ1) is 12.3. The molecule has 0 saturated carbocycles. The average molecular weight is 242 g/mol. The summed E-state index contributed by atoms with van der Waals surface area (Å²) < 4.78 is 0. The molecule has 17 heavy (non-hydrogen) atoms. The molecule has 2 saturated heterocycles. The van der Waals surface area contributed by atoms with Crippen LogP contribution >= 0.6 is 0 Å². The molecular formula is C11H18N2O4. The van der Waals surface area contributed by atoms with E-state index in [-0.39, 0.29) is 30.7 Å². The van der Waals surface area contributed by atoms with E-state index in [2.05, 4.69) is 5.32 Å². The van der Waals surface area contributed by atoms with Crippen molar-refractivity contribution >= 4 is 11.9 Å². The van der Waals surface area contributed by atoms with Crippen LogP contribution in [0.1, 0.15) is 13.3 Å². The molecule has 96 valence electrons. The second-order valence-electron chi connectivity index (χ2n) is 4.98. The first-order valence-corrected chi connectivity index (χ1v) is 5.92. The van der Waals surface area contributed by atoms with E-state index < -0.39 is 18.1 Å². The van der Waals surface area contributed by atoms with Crippen LogP contribution in [0.2, 0.25) is 0 Å². The number of carboxylic acids is 1. The first-order valence-electron chi connectivity index (χ1n) is 5.92. The molecule has 1 amide bonds. The molecule has 6 nitrogen and oxygen atoms in total. The average Bonchev–Trinajstić information content (AvgIpc) is 2.83. The van der Waals surface area contributed by atoms with Crippen molar-refractivity contribution < 1.29 is 19.8 Å². The standard InChI is InChI=1S/C11H18N2O4/c1-6-3-12-4-8(6)10(15)13-5-7(14)2-9(13)11(16)17/h6-9,12,14H,2-5H2,1H3,(H,16,17)/t6-,7+,8-,9+/m1/s1. The van der Waals surface area contributed by atoms with Crippen LogP contribution in [0.4, 0.5) is 0 Å². The summed E-state index contributed by atoms with van der Waals surface area (Å²) in [6, 6.07) is -0.870. The van der Waals surface area contributed by atoms with Gasteiger partial charge < -0.3 is 20.4 Å². The number of hydrogen-bond donors (Lipinski definition) is 3. The molecule has 4 atom stereocenters. The fourth-order valence-electron chi connectivity index (χ4n) is 2.65. The molecule has 0 aliphatic carbocycles. The van der Waals surface area contributed by atoms with Crippen molar-refractivity contribution in [2.75, 3.05) is 19.6 Å². The highest BCUT2D eigenvalue weighted by Crippen LogP contribution is 2.25. The Morgan fingerprint density at radius 3 is 2.59 bits per heavy atom. The lowest BCUT2D eigenvalue weighted by atomic mass is 9.96. The monoisotopic (exact) mass is 242 g/mol. The van der Waals surface area contributed by atoms with Gasteiger partial charge in [0.1, 0.15) is 6.04 Å². The zero-order valence-electron chi connectivity index (χ0n) is 9.80. The Bertz CT molecular complexity index is 333. The minimum atomic E-state index is -1.03. The zero-order valence-corrected chi connectivity index (χ0v) is 9.80. The molecule has 0 radical (unpaired) electrons. The Balaban J connectivity index is 2.10. The van der Waals surface area contributed by atoms with Gasteiger partial charge in [-0.25, -0.2) is 4.79 Å². The quantitative estimate of drug-likeness (QED) is 0.571. The van der Waals surface area contributed by atoms with Crippen LogP contribution in [-0.2, 0) is 9.59 Å². The number of aliphatic hydroxyl groups is 1. The summed E-state index contributed by atoms with van der Waals surface area (Å²) in [6.45, 7) is 3.49. The third kappa shape index (κ3) is 2.28. The maximum Gasteiger partial charge on any atom is 0.326 e. The van der Waals surface area contributed by atoms with Gasteiger partial charge in [0.25, 0.3) is 0 Å². The van der Waals surface area contributed by atoms with Crippen LogP contribution < -0.4 is 5.32 Å². The van der Waals surface area contributed by atoms with Crippen molar-refractivity contribution in [3.63, 3.8) is 0 Å². The van der Waals surface area contributed by atoms with Gasteiger partial charge in [-0.3, -0.25) is 4.79 Å². The van der Waals surface area contributed by atoms with E-state index in [1.54, 1.807) is 0 Å². The van der Waals surface area contributed by atoms with Crippen molar-refractivity contribution in [2.45, 2.75) is 25.5 Å². The predicted octanol–water partition coefficient (Wildman–Crippen LogP) is -1.11. The Kier molecular flexibility index (Phi) is 3.35. The third-order valence-electron chi connectivity index (χ3n) is 3.68. The van der Waals surface area contributed by atoms with Crippen LogP contribution in [0.15, 0.2) is 0 Å². The molecule has 0 aromatic heterocycles. The van der Waals surface area contributed by atoms with E-state index in [0.717, 1.165) is 6.54 Å². The molecule has 0 spiro atoms. The molecule has 2 heterocycles. The highest BCUT2D eigenvalue weighted by Gasteiger charge is 2.43. The molecule has 2 aliphatic rings. The van der Waals surface area contributed by atoms with Crippen LogP contribution in [0.25, 0.3) is 0 Å². The van der Waals surface area contributed by atoms with Crippen molar-refractivity contribution in [3.05, 3.63) is 0 Å². The summed E-state index contributed by atoms with van der Waals surface area (Å²) in [5, 5.41) is 21.7. The highest BCUT2D eigenvalue weighted by atomic mass is 16.4. The molecule has 0 unspecified atom stereocenters. The maximum absolute atomic E-state index is 12.2. The van der Waals surface area contributed by atoms with Gasteiger partial charge >= 0.3 is 5.97 Å². The number of amides is 1. The highest BCUT2D eigenvalue weighted by molar-refractivity contribution is 5.86. The molecule has 2 rings (SSSR count). The number of aliphatic hydroxyl groups excluding tert-OH is 1. The summed E-state index contributed by atoms with van der Waals surface area (Å²) in [5.74, 6) is -1.13. The lowest BCUT2D eigenvalue weighted by molar-refractivity contribution is -0.150. The van der Waals surface area contributed by atoms with Crippen molar-refractivity contribution in [3.8, 4) is 0 Å². The molecule has 6 heteroatoms. The van der Waals surface area contributed by atoms with Gasteiger partial charge in [-0.2, -0.15) is 0 Å². The fourth-order valence-corrected chi connectivity index (χ4v) is 2.65.